The molecule has 3 heterocycles. The van der Waals surface area contributed by atoms with Crippen LogP contribution < -0.4 is 5.32 Å². The zero-order valence-corrected chi connectivity index (χ0v) is 17.6. The number of hydrogen-bond donors (Lipinski definition) is 1. The third-order valence-electron chi connectivity index (χ3n) is 3.84. The Morgan fingerprint density at radius 1 is 1.32 bits per heavy atom. The number of pyridine rings is 1. The molecule has 1 amide bonds. The number of tetrazole rings is 1. The molecule has 0 spiro atoms. The highest BCUT2D eigenvalue weighted by Gasteiger charge is 2.23. The van der Waals surface area contributed by atoms with Crippen molar-refractivity contribution in [2.75, 3.05) is 17.7 Å². The average Bonchev–Trinajstić information content (AvgIpc) is 3.24. The SMILES string of the molecule is CCOC(=O)c1sc2nc(C)cc(C)c2c1NC(=O)CSc1nnnn1CC. The number of rotatable bonds is 7. The molecular formula is C17H20N6O3S2. The van der Waals surface area contributed by atoms with Crippen LogP contribution >= 0.6 is 23.1 Å². The van der Waals surface area contributed by atoms with E-state index in [0.29, 0.717) is 27.1 Å². The number of nitrogens with one attached hydrogen (secondary N) is 1. The standard InChI is InChI=1S/C17H20N6O3S2/c1-5-23-17(20-21-22-23)27-8-11(24)19-13-12-9(3)7-10(4)18-15(12)28-14(13)16(25)26-6-2/h7H,5-6,8H2,1-4H3,(H,19,24). The molecule has 1 N–H and O–H groups in total. The van der Waals surface area contributed by atoms with E-state index in [-0.39, 0.29) is 18.3 Å². The summed E-state index contributed by atoms with van der Waals surface area (Å²) in [6, 6.07) is 1.92. The first-order valence-corrected chi connectivity index (χ1v) is 10.5. The zero-order valence-electron chi connectivity index (χ0n) is 16.0. The van der Waals surface area contributed by atoms with E-state index in [0.717, 1.165) is 16.6 Å². The van der Waals surface area contributed by atoms with E-state index < -0.39 is 5.97 Å². The fourth-order valence-electron chi connectivity index (χ4n) is 2.71. The molecule has 0 fully saturated rings. The first-order chi connectivity index (χ1) is 13.4. The van der Waals surface area contributed by atoms with Crippen LogP contribution in [0.4, 0.5) is 5.69 Å². The molecule has 0 aliphatic heterocycles. The number of nitrogens with zero attached hydrogens (tertiary/aromatic N) is 5. The first kappa shape index (κ1) is 20.2. The van der Waals surface area contributed by atoms with Gasteiger partial charge in [0, 0.05) is 17.6 Å². The van der Waals surface area contributed by atoms with Gasteiger partial charge in [0.15, 0.2) is 0 Å². The Hall–Kier alpha value is -2.53. The second-order valence-electron chi connectivity index (χ2n) is 5.90. The Labute approximate surface area is 169 Å². The minimum atomic E-state index is -0.472. The first-order valence-electron chi connectivity index (χ1n) is 8.71. The zero-order chi connectivity index (χ0) is 20.3. The van der Waals surface area contributed by atoms with Gasteiger partial charge in [-0.05, 0) is 49.8 Å². The Morgan fingerprint density at radius 3 is 2.82 bits per heavy atom. The van der Waals surface area contributed by atoms with E-state index in [2.05, 4.69) is 25.8 Å². The maximum absolute atomic E-state index is 12.6. The van der Waals surface area contributed by atoms with E-state index in [4.69, 9.17) is 4.74 Å². The largest absolute Gasteiger partial charge is 0.462 e. The summed E-state index contributed by atoms with van der Waals surface area (Å²) in [6.07, 6.45) is 0. The van der Waals surface area contributed by atoms with Crippen molar-refractivity contribution in [1.82, 2.24) is 25.2 Å². The van der Waals surface area contributed by atoms with Gasteiger partial charge in [0.25, 0.3) is 0 Å². The number of anilines is 1. The number of amides is 1. The Kier molecular flexibility index (Phi) is 6.25. The third kappa shape index (κ3) is 4.14. The van der Waals surface area contributed by atoms with E-state index in [1.807, 2.05) is 26.8 Å². The normalized spacial score (nSPS) is 11.0. The number of carbonyl (C=O) groups excluding carboxylic acids is 2. The van der Waals surface area contributed by atoms with Crippen molar-refractivity contribution in [3.05, 3.63) is 22.2 Å². The molecule has 0 aliphatic carbocycles. The van der Waals surface area contributed by atoms with Gasteiger partial charge in [-0.2, -0.15) is 0 Å². The summed E-state index contributed by atoms with van der Waals surface area (Å²) in [6.45, 7) is 8.35. The van der Waals surface area contributed by atoms with Crippen molar-refractivity contribution in [2.24, 2.45) is 0 Å². The maximum atomic E-state index is 12.6. The number of carbonyl (C=O) groups is 2. The smallest absolute Gasteiger partial charge is 0.350 e. The minimum absolute atomic E-state index is 0.109. The number of aryl methyl sites for hydroxylation is 3. The van der Waals surface area contributed by atoms with Crippen LogP contribution in [0.3, 0.4) is 0 Å². The predicted molar refractivity (Wildman–Crippen MR) is 108 cm³/mol. The monoisotopic (exact) mass is 420 g/mol. The topological polar surface area (TPSA) is 112 Å². The lowest BCUT2D eigenvalue weighted by molar-refractivity contribution is -0.113. The molecule has 0 aliphatic rings. The molecular weight excluding hydrogens is 400 g/mol. The summed E-state index contributed by atoms with van der Waals surface area (Å²) in [7, 11) is 0. The molecule has 0 atom stereocenters. The number of aromatic nitrogens is 5. The molecule has 3 aromatic heterocycles. The van der Waals surface area contributed by atoms with Gasteiger partial charge in [0.2, 0.25) is 11.1 Å². The van der Waals surface area contributed by atoms with Gasteiger partial charge in [0.1, 0.15) is 9.71 Å². The molecule has 148 valence electrons. The molecule has 0 saturated heterocycles. The second-order valence-corrected chi connectivity index (χ2v) is 7.84. The Balaban J connectivity index is 1.88. The Bertz CT molecular complexity index is 1030. The molecule has 0 aromatic carbocycles. The summed E-state index contributed by atoms with van der Waals surface area (Å²) < 4.78 is 6.77. The van der Waals surface area contributed by atoms with Crippen LogP contribution in [0.15, 0.2) is 11.2 Å². The highest BCUT2D eigenvalue weighted by Crippen LogP contribution is 2.37. The van der Waals surface area contributed by atoms with Crippen molar-refractivity contribution in [2.45, 2.75) is 39.4 Å². The molecule has 11 heteroatoms. The van der Waals surface area contributed by atoms with Gasteiger partial charge >= 0.3 is 5.97 Å². The van der Waals surface area contributed by atoms with Crippen LogP contribution in [0.5, 0.6) is 0 Å². The molecule has 0 saturated carbocycles. The van der Waals surface area contributed by atoms with Crippen LogP contribution in [-0.2, 0) is 16.1 Å². The number of fused-ring (bicyclic) bond motifs is 1. The predicted octanol–water partition coefficient (Wildman–Crippen LogP) is 2.83. The van der Waals surface area contributed by atoms with Gasteiger partial charge < -0.3 is 10.1 Å². The molecule has 28 heavy (non-hydrogen) atoms. The summed E-state index contributed by atoms with van der Waals surface area (Å²) in [5.41, 5.74) is 2.23. The van der Waals surface area contributed by atoms with Gasteiger partial charge in [-0.3, -0.25) is 4.79 Å². The highest BCUT2D eigenvalue weighted by molar-refractivity contribution is 7.99. The van der Waals surface area contributed by atoms with Crippen molar-refractivity contribution < 1.29 is 14.3 Å². The maximum Gasteiger partial charge on any atom is 0.350 e. The fraction of sp³-hybridized carbons (Fsp3) is 0.412. The van der Waals surface area contributed by atoms with E-state index >= 15 is 0 Å². The van der Waals surface area contributed by atoms with Crippen LogP contribution in [-0.4, -0.2) is 49.4 Å². The number of hydrogen-bond acceptors (Lipinski definition) is 9. The number of thiophene rings is 1. The van der Waals surface area contributed by atoms with E-state index in [1.54, 1.807) is 11.6 Å². The third-order valence-corrected chi connectivity index (χ3v) is 5.86. The second kappa shape index (κ2) is 8.65. The van der Waals surface area contributed by atoms with E-state index in [9.17, 15) is 9.59 Å². The molecule has 0 unspecified atom stereocenters. The summed E-state index contributed by atoms with van der Waals surface area (Å²) in [4.78, 5) is 30.5. The number of thioether (sulfide) groups is 1. The lowest BCUT2D eigenvalue weighted by Crippen LogP contribution is -2.17. The van der Waals surface area contributed by atoms with Gasteiger partial charge in [-0.15, -0.1) is 16.4 Å². The summed E-state index contributed by atoms with van der Waals surface area (Å²) in [5.74, 6) is -0.625. The van der Waals surface area contributed by atoms with Crippen LogP contribution in [0, 0.1) is 13.8 Å². The van der Waals surface area contributed by atoms with Gasteiger partial charge in [-0.25, -0.2) is 14.5 Å². The van der Waals surface area contributed by atoms with Crippen molar-refractivity contribution in [1.29, 1.82) is 0 Å². The quantitative estimate of drug-likeness (QED) is 0.459. The molecule has 9 nitrogen and oxygen atoms in total. The van der Waals surface area contributed by atoms with Gasteiger partial charge in [0.05, 0.1) is 18.0 Å². The van der Waals surface area contributed by atoms with Crippen molar-refractivity contribution >= 4 is 50.9 Å². The van der Waals surface area contributed by atoms with Crippen LogP contribution in [0.2, 0.25) is 0 Å². The number of ether oxygens (including phenoxy) is 1. The fourth-order valence-corrected chi connectivity index (χ4v) is 4.59. The molecule has 0 radical (unpaired) electrons. The summed E-state index contributed by atoms with van der Waals surface area (Å²) in [5, 5.41) is 15.5. The molecule has 3 aromatic rings. The number of esters is 1. The van der Waals surface area contributed by atoms with Crippen LogP contribution in [0.25, 0.3) is 10.2 Å². The van der Waals surface area contributed by atoms with Gasteiger partial charge in [-0.1, -0.05) is 11.8 Å². The molecule has 0 bridgehead atoms. The highest BCUT2D eigenvalue weighted by atomic mass is 32.2. The van der Waals surface area contributed by atoms with E-state index in [1.165, 1.54) is 23.1 Å². The van der Waals surface area contributed by atoms with Crippen molar-refractivity contribution in [3.8, 4) is 0 Å². The van der Waals surface area contributed by atoms with Crippen LogP contribution in [0.1, 0.15) is 34.8 Å². The minimum Gasteiger partial charge on any atom is -0.462 e. The average molecular weight is 421 g/mol. The molecule has 3 rings (SSSR count). The Morgan fingerprint density at radius 2 is 2.11 bits per heavy atom. The summed E-state index contributed by atoms with van der Waals surface area (Å²) >= 11 is 2.45. The lowest BCUT2D eigenvalue weighted by atomic mass is 10.1. The van der Waals surface area contributed by atoms with Crippen molar-refractivity contribution in [3.63, 3.8) is 0 Å². The lowest BCUT2D eigenvalue weighted by Gasteiger charge is -2.08.